The SMILES string of the molecule is CNC(Cc1cccc(Br)c1)Cc1nnn(C)n1. The largest absolute Gasteiger partial charge is 0.316 e. The molecule has 1 unspecified atom stereocenters. The molecule has 96 valence electrons. The second-order valence-electron chi connectivity index (χ2n) is 4.22. The van der Waals surface area contributed by atoms with Gasteiger partial charge in [0, 0.05) is 16.9 Å². The maximum absolute atomic E-state index is 4.20. The first-order valence-corrected chi connectivity index (χ1v) is 6.61. The molecule has 5 nitrogen and oxygen atoms in total. The van der Waals surface area contributed by atoms with Gasteiger partial charge in [-0.05, 0) is 36.4 Å². The van der Waals surface area contributed by atoms with Crippen LogP contribution in [0.5, 0.6) is 0 Å². The first kappa shape index (κ1) is 13.2. The highest BCUT2D eigenvalue weighted by molar-refractivity contribution is 9.10. The van der Waals surface area contributed by atoms with Crippen LogP contribution in [0, 0.1) is 0 Å². The summed E-state index contributed by atoms with van der Waals surface area (Å²) in [7, 11) is 3.73. The van der Waals surface area contributed by atoms with Crippen molar-refractivity contribution in [1.82, 2.24) is 25.5 Å². The maximum atomic E-state index is 4.20. The molecule has 1 aromatic carbocycles. The third-order valence-electron chi connectivity index (χ3n) is 2.76. The fourth-order valence-electron chi connectivity index (χ4n) is 1.85. The zero-order valence-electron chi connectivity index (χ0n) is 10.5. The van der Waals surface area contributed by atoms with Gasteiger partial charge in [0.15, 0.2) is 5.82 Å². The van der Waals surface area contributed by atoms with E-state index in [4.69, 9.17) is 0 Å². The van der Waals surface area contributed by atoms with Crippen LogP contribution in [0.3, 0.4) is 0 Å². The van der Waals surface area contributed by atoms with Crippen LogP contribution in [0.25, 0.3) is 0 Å². The van der Waals surface area contributed by atoms with Crippen molar-refractivity contribution in [2.24, 2.45) is 7.05 Å². The summed E-state index contributed by atoms with van der Waals surface area (Å²) in [5, 5.41) is 15.4. The number of aromatic nitrogens is 4. The molecule has 0 aliphatic heterocycles. The number of hydrogen-bond donors (Lipinski definition) is 1. The van der Waals surface area contributed by atoms with E-state index >= 15 is 0 Å². The Labute approximate surface area is 115 Å². The van der Waals surface area contributed by atoms with Gasteiger partial charge in [-0.15, -0.1) is 10.2 Å². The highest BCUT2D eigenvalue weighted by Gasteiger charge is 2.12. The average Bonchev–Trinajstić information content (AvgIpc) is 2.74. The third kappa shape index (κ3) is 3.61. The number of rotatable bonds is 5. The lowest BCUT2D eigenvalue weighted by Gasteiger charge is -2.14. The predicted molar refractivity (Wildman–Crippen MR) is 73.2 cm³/mol. The van der Waals surface area contributed by atoms with Crippen molar-refractivity contribution in [3.05, 3.63) is 40.1 Å². The molecule has 6 heteroatoms. The summed E-state index contributed by atoms with van der Waals surface area (Å²) in [5.74, 6) is 0.770. The van der Waals surface area contributed by atoms with Crippen LogP contribution in [0.4, 0.5) is 0 Å². The molecular formula is C12H16BrN5. The van der Waals surface area contributed by atoms with E-state index in [-0.39, 0.29) is 0 Å². The monoisotopic (exact) mass is 309 g/mol. The van der Waals surface area contributed by atoms with E-state index in [1.807, 2.05) is 19.2 Å². The molecule has 2 aromatic rings. The summed E-state index contributed by atoms with van der Waals surface area (Å²) in [6, 6.07) is 8.64. The first-order valence-electron chi connectivity index (χ1n) is 5.82. The van der Waals surface area contributed by atoms with Gasteiger partial charge in [0.2, 0.25) is 0 Å². The smallest absolute Gasteiger partial charge is 0.176 e. The van der Waals surface area contributed by atoms with Gasteiger partial charge in [0.25, 0.3) is 0 Å². The van der Waals surface area contributed by atoms with Gasteiger partial charge in [-0.25, -0.2) is 0 Å². The van der Waals surface area contributed by atoms with Crippen molar-refractivity contribution in [3.63, 3.8) is 0 Å². The predicted octanol–water partition coefficient (Wildman–Crippen LogP) is 1.35. The van der Waals surface area contributed by atoms with Crippen LogP contribution in [0.2, 0.25) is 0 Å². The minimum Gasteiger partial charge on any atom is -0.316 e. The lowest BCUT2D eigenvalue weighted by atomic mass is 10.0. The van der Waals surface area contributed by atoms with Gasteiger partial charge in [0.1, 0.15) is 0 Å². The molecule has 1 atom stereocenters. The minimum atomic E-state index is 0.309. The Kier molecular flexibility index (Phi) is 4.43. The maximum Gasteiger partial charge on any atom is 0.176 e. The molecule has 0 saturated heterocycles. The molecule has 0 saturated carbocycles. The Morgan fingerprint density at radius 1 is 1.39 bits per heavy atom. The van der Waals surface area contributed by atoms with Crippen LogP contribution in [-0.2, 0) is 19.9 Å². The van der Waals surface area contributed by atoms with Crippen LogP contribution in [0.1, 0.15) is 11.4 Å². The minimum absolute atomic E-state index is 0.309. The number of tetrazole rings is 1. The van der Waals surface area contributed by atoms with Crippen LogP contribution in [0.15, 0.2) is 28.7 Å². The number of nitrogens with zero attached hydrogens (tertiary/aromatic N) is 4. The molecule has 0 bridgehead atoms. The van der Waals surface area contributed by atoms with Crippen LogP contribution < -0.4 is 5.32 Å². The molecule has 0 aliphatic carbocycles. The van der Waals surface area contributed by atoms with Crippen molar-refractivity contribution >= 4 is 15.9 Å². The van der Waals surface area contributed by atoms with E-state index in [1.54, 1.807) is 7.05 Å². The number of halogens is 1. The molecule has 1 aromatic heterocycles. The molecule has 2 rings (SSSR count). The number of hydrogen-bond acceptors (Lipinski definition) is 4. The Bertz CT molecular complexity index is 511. The molecule has 0 radical (unpaired) electrons. The van der Waals surface area contributed by atoms with Crippen LogP contribution in [-0.4, -0.2) is 33.3 Å². The second-order valence-corrected chi connectivity index (χ2v) is 5.13. The van der Waals surface area contributed by atoms with Gasteiger partial charge in [-0.2, -0.15) is 4.80 Å². The first-order chi connectivity index (χ1) is 8.67. The van der Waals surface area contributed by atoms with E-state index < -0.39 is 0 Å². The van der Waals surface area contributed by atoms with E-state index in [0.717, 1.165) is 23.1 Å². The normalized spacial score (nSPS) is 12.6. The lowest BCUT2D eigenvalue weighted by Crippen LogP contribution is -2.30. The zero-order valence-corrected chi connectivity index (χ0v) is 12.1. The number of benzene rings is 1. The highest BCUT2D eigenvalue weighted by atomic mass is 79.9. The fourth-order valence-corrected chi connectivity index (χ4v) is 2.30. The lowest BCUT2D eigenvalue weighted by molar-refractivity contribution is 0.540. The van der Waals surface area contributed by atoms with Gasteiger partial charge >= 0.3 is 0 Å². The molecule has 1 N–H and O–H groups in total. The zero-order chi connectivity index (χ0) is 13.0. The van der Waals surface area contributed by atoms with Crippen molar-refractivity contribution in [2.75, 3.05) is 7.05 Å². The number of likely N-dealkylation sites (N-methyl/N-ethyl adjacent to an activating group) is 1. The Hall–Kier alpha value is -1.27. The quantitative estimate of drug-likeness (QED) is 0.906. The second kappa shape index (κ2) is 6.06. The van der Waals surface area contributed by atoms with E-state index in [9.17, 15) is 0 Å². The Morgan fingerprint density at radius 3 is 2.83 bits per heavy atom. The van der Waals surface area contributed by atoms with Crippen molar-refractivity contribution < 1.29 is 0 Å². The van der Waals surface area contributed by atoms with Crippen molar-refractivity contribution in [2.45, 2.75) is 18.9 Å². The molecule has 0 fully saturated rings. The summed E-state index contributed by atoms with van der Waals surface area (Å²) in [6.45, 7) is 0. The Morgan fingerprint density at radius 2 is 2.22 bits per heavy atom. The summed E-state index contributed by atoms with van der Waals surface area (Å²) < 4.78 is 1.10. The molecule has 18 heavy (non-hydrogen) atoms. The summed E-state index contributed by atoms with van der Waals surface area (Å²) >= 11 is 3.49. The van der Waals surface area contributed by atoms with E-state index in [2.05, 4.69) is 48.8 Å². The highest BCUT2D eigenvalue weighted by Crippen LogP contribution is 2.13. The third-order valence-corrected chi connectivity index (χ3v) is 3.25. The average molecular weight is 310 g/mol. The Balaban J connectivity index is 2.01. The standard InChI is InChI=1S/C12H16BrN5/c1-14-11(8-12-15-17-18(2)16-12)7-9-4-3-5-10(13)6-9/h3-6,11,14H,7-8H2,1-2H3. The fraction of sp³-hybridized carbons (Fsp3) is 0.417. The molecular weight excluding hydrogens is 294 g/mol. The van der Waals surface area contributed by atoms with Crippen molar-refractivity contribution in [1.29, 1.82) is 0 Å². The molecule has 0 aliphatic rings. The van der Waals surface area contributed by atoms with E-state index in [1.165, 1.54) is 10.4 Å². The topological polar surface area (TPSA) is 55.6 Å². The summed E-state index contributed by atoms with van der Waals surface area (Å²) in [5.41, 5.74) is 1.28. The summed E-state index contributed by atoms with van der Waals surface area (Å²) in [4.78, 5) is 1.49. The van der Waals surface area contributed by atoms with Crippen LogP contribution >= 0.6 is 15.9 Å². The molecule has 0 spiro atoms. The van der Waals surface area contributed by atoms with Crippen molar-refractivity contribution in [3.8, 4) is 0 Å². The summed E-state index contributed by atoms with van der Waals surface area (Å²) in [6.07, 6.45) is 1.71. The number of aryl methyl sites for hydroxylation is 1. The van der Waals surface area contributed by atoms with Gasteiger partial charge in [-0.1, -0.05) is 28.1 Å². The number of nitrogens with one attached hydrogen (secondary N) is 1. The van der Waals surface area contributed by atoms with E-state index in [0.29, 0.717) is 6.04 Å². The van der Waals surface area contributed by atoms with Gasteiger partial charge < -0.3 is 5.32 Å². The van der Waals surface area contributed by atoms with Gasteiger partial charge in [-0.3, -0.25) is 0 Å². The molecule has 0 amide bonds. The van der Waals surface area contributed by atoms with Gasteiger partial charge in [0.05, 0.1) is 7.05 Å². The molecule has 1 heterocycles.